The van der Waals surface area contributed by atoms with Crippen LogP contribution in [-0.4, -0.2) is 51.9 Å². The van der Waals surface area contributed by atoms with Gasteiger partial charge in [0, 0.05) is 19.6 Å². The van der Waals surface area contributed by atoms with E-state index in [1.165, 1.54) is 24.3 Å². The number of rotatable bonds is 11. The summed E-state index contributed by atoms with van der Waals surface area (Å²) in [5.74, 6) is -0.115. The Morgan fingerprint density at radius 2 is 1.49 bits per heavy atom. The fourth-order valence-electron chi connectivity index (χ4n) is 4.43. The lowest BCUT2D eigenvalue weighted by Gasteiger charge is -2.34. The molecule has 6 nitrogen and oxygen atoms in total. The lowest BCUT2D eigenvalue weighted by atomic mass is 10.00. The molecule has 1 N–H and O–H groups in total. The van der Waals surface area contributed by atoms with E-state index in [2.05, 4.69) is 9.62 Å². The van der Waals surface area contributed by atoms with Crippen LogP contribution in [0.1, 0.15) is 36.5 Å². The maximum atomic E-state index is 13.5. The van der Waals surface area contributed by atoms with E-state index < -0.39 is 16.1 Å². The number of halogens is 2. The molecule has 4 rings (SSSR count). The van der Waals surface area contributed by atoms with Crippen molar-refractivity contribution in [3.05, 3.63) is 95.6 Å². The quantitative estimate of drug-likeness (QED) is 0.338. The van der Waals surface area contributed by atoms with Gasteiger partial charge in [0.1, 0.15) is 23.5 Å². The standard InChI is InChI=1S/C28H32F2N2O4S/c1-37(33,34)31-26-5-2-3-6-27(26)35-20-4-17-32-18-15-25(16-19-32)36-28(21-7-11-23(29)12-8-21)22-9-13-24(30)14-10-22/h2-3,5-14,25,28,31H,4,15-20H2,1H3. The number of likely N-dealkylation sites (tertiary alicyclic amines) is 1. The molecule has 0 amide bonds. The van der Waals surface area contributed by atoms with Gasteiger partial charge in [-0.2, -0.15) is 0 Å². The van der Waals surface area contributed by atoms with Crippen molar-refractivity contribution in [1.82, 2.24) is 4.90 Å². The molecule has 3 aromatic rings. The predicted octanol–water partition coefficient (Wildman–Crippen LogP) is 5.38. The van der Waals surface area contributed by atoms with Gasteiger partial charge in [-0.15, -0.1) is 0 Å². The van der Waals surface area contributed by atoms with Crippen LogP contribution in [0.15, 0.2) is 72.8 Å². The maximum Gasteiger partial charge on any atom is 0.229 e. The van der Waals surface area contributed by atoms with Crippen LogP contribution in [0.25, 0.3) is 0 Å². The molecule has 1 fully saturated rings. The van der Waals surface area contributed by atoms with Crippen LogP contribution in [0.4, 0.5) is 14.5 Å². The Morgan fingerprint density at radius 1 is 0.919 bits per heavy atom. The van der Waals surface area contributed by atoms with Crippen LogP contribution in [0, 0.1) is 11.6 Å². The largest absolute Gasteiger partial charge is 0.491 e. The first kappa shape index (κ1) is 27.0. The van der Waals surface area contributed by atoms with Gasteiger partial charge < -0.3 is 14.4 Å². The van der Waals surface area contributed by atoms with Crippen molar-refractivity contribution in [3.8, 4) is 5.75 Å². The van der Waals surface area contributed by atoms with Crippen molar-refractivity contribution in [2.24, 2.45) is 0 Å². The summed E-state index contributed by atoms with van der Waals surface area (Å²) in [6.07, 6.45) is 3.24. The number of piperidine rings is 1. The summed E-state index contributed by atoms with van der Waals surface area (Å²) in [6, 6.07) is 19.5. The second-order valence-electron chi connectivity index (χ2n) is 9.23. The first-order chi connectivity index (χ1) is 17.8. The smallest absolute Gasteiger partial charge is 0.229 e. The van der Waals surface area contributed by atoms with Crippen LogP contribution in [0.5, 0.6) is 5.75 Å². The number of sulfonamides is 1. The molecule has 1 saturated heterocycles. The zero-order valence-electron chi connectivity index (χ0n) is 20.8. The molecule has 9 heteroatoms. The monoisotopic (exact) mass is 530 g/mol. The van der Waals surface area contributed by atoms with E-state index in [9.17, 15) is 17.2 Å². The molecule has 0 bridgehead atoms. The Bertz CT molecular complexity index is 1200. The van der Waals surface area contributed by atoms with Gasteiger partial charge in [-0.25, -0.2) is 17.2 Å². The second-order valence-corrected chi connectivity index (χ2v) is 11.0. The van der Waals surface area contributed by atoms with Gasteiger partial charge in [-0.3, -0.25) is 4.72 Å². The van der Waals surface area contributed by atoms with Gasteiger partial charge >= 0.3 is 0 Å². The fourth-order valence-corrected chi connectivity index (χ4v) is 5.00. The van der Waals surface area contributed by atoms with Gasteiger partial charge in [-0.1, -0.05) is 36.4 Å². The molecule has 0 spiro atoms. The molecule has 1 heterocycles. The first-order valence-corrected chi connectivity index (χ1v) is 14.2. The van der Waals surface area contributed by atoms with Crippen LogP contribution >= 0.6 is 0 Å². The van der Waals surface area contributed by atoms with Crippen molar-refractivity contribution in [1.29, 1.82) is 0 Å². The van der Waals surface area contributed by atoms with Gasteiger partial charge in [0.2, 0.25) is 10.0 Å². The predicted molar refractivity (Wildman–Crippen MR) is 140 cm³/mol. The lowest BCUT2D eigenvalue weighted by Crippen LogP contribution is -2.38. The summed E-state index contributed by atoms with van der Waals surface area (Å²) < 4.78 is 64.9. The van der Waals surface area contributed by atoms with E-state index >= 15 is 0 Å². The Balaban J connectivity index is 1.26. The first-order valence-electron chi connectivity index (χ1n) is 12.4. The maximum absolute atomic E-state index is 13.5. The molecule has 0 saturated carbocycles. The summed E-state index contributed by atoms with van der Waals surface area (Å²) in [4.78, 5) is 2.36. The molecule has 0 unspecified atom stereocenters. The molecular formula is C28H32F2N2O4S. The van der Waals surface area contributed by atoms with E-state index in [1.54, 1.807) is 48.5 Å². The van der Waals surface area contributed by atoms with Gasteiger partial charge in [-0.05, 0) is 66.8 Å². The number of benzene rings is 3. The average Bonchev–Trinajstić information content (AvgIpc) is 2.87. The second kappa shape index (κ2) is 12.5. The molecule has 3 aromatic carbocycles. The molecule has 0 aromatic heterocycles. The summed E-state index contributed by atoms with van der Waals surface area (Å²) >= 11 is 0. The topological polar surface area (TPSA) is 67.9 Å². The summed E-state index contributed by atoms with van der Waals surface area (Å²) in [7, 11) is -3.38. The zero-order valence-corrected chi connectivity index (χ0v) is 21.6. The highest BCUT2D eigenvalue weighted by molar-refractivity contribution is 7.92. The number of hydrogen-bond acceptors (Lipinski definition) is 5. The van der Waals surface area contributed by atoms with E-state index in [1.807, 2.05) is 0 Å². The van der Waals surface area contributed by atoms with Gasteiger partial charge in [0.05, 0.1) is 24.7 Å². The minimum atomic E-state index is -3.38. The number of ether oxygens (including phenoxy) is 2. The van der Waals surface area contributed by atoms with Crippen molar-refractivity contribution < 1.29 is 26.7 Å². The van der Waals surface area contributed by atoms with Crippen molar-refractivity contribution in [2.75, 3.05) is 37.2 Å². The number of nitrogens with zero attached hydrogens (tertiary/aromatic N) is 1. The minimum Gasteiger partial charge on any atom is -0.491 e. The Labute approximate surface area is 217 Å². The van der Waals surface area contributed by atoms with Crippen LogP contribution < -0.4 is 9.46 Å². The average molecular weight is 531 g/mol. The summed E-state index contributed by atoms with van der Waals surface area (Å²) in [5.41, 5.74) is 2.09. The molecule has 37 heavy (non-hydrogen) atoms. The van der Waals surface area contributed by atoms with E-state index in [4.69, 9.17) is 9.47 Å². The van der Waals surface area contributed by atoms with Crippen LogP contribution in [0.2, 0.25) is 0 Å². The molecule has 198 valence electrons. The lowest BCUT2D eigenvalue weighted by molar-refractivity contribution is -0.0273. The van der Waals surface area contributed by atoms with Gasteiger partial charge in [0.25, 0.3) is 0 Å². The number of hydrogen-bond donors (Lipinski definition) is 1. The fraction of sp³-hybridized carbons (Fsp3) is 0.357. The normalized spacial score (nSPS) is 15.1. The number of para-hydroxylation sites is 2. The van der Waals surface area contributed by atoms with Crippen LogP contribution in [0.3, 0.4) is 0 Å². The molecule has 0 radical (unpaired) electrons. The summed E-state index contributed by atoms with van der Waals surface area (Å²) in [6.45, 7) is 3.07. The van der Waals surface area contributed by atoms with Crippen molar-refractivity contribution in [2.45, 2.75) is 31.5 Å². The molecular weight excluding hydrogens is 498 g/mol. The van der Waals surface area contributed by atoms with Gasteiger partial charge in [0.15, 0.2) is 0 Å². The number of anilines is 1. The zero-order chi connectivity index (χ0) is 26.3. The molecule has 1 aliphatic rings. The SMILES string of the molecule is CS(=O)(=O)Nc1ccccc1OCCCN1CCC(OC(c2ccc(F)cc2)c2ccc(F)cc2)CC1. The summed E-state index contributed by atoms with van der Waals surface area (Å²) in [5, 5.41) is 0. The highest BCUT2D eigenvalue weighted by Crippen LogP contribution is 2.31. The van der Waals surface area contributed by atoms with Crippen molar-refractivity contribution in [3.63, 3.8) is 0 Å². The molecule has 0 aliphatic carbocycles. The van der Waals surface area contributed by atoms with Crippen molar-refractivity contribution >= 4 is 15.7 Å². The highest BCUT2D eigenvalue weighted by atomic mass is 32.2. The Kier molecular flexibility index (Phi) is 9.13. The Hall–Kier alpha value is -3.01. The third-order valence-electron chi connectivity index (χ3n) is 6.27. The van der Waals surface area contributed by atoms with Crippen LogP contribution in [-0.2, 0) is 14.8 Å². The highest BCUT2D eigenvalue weighted by Gasteiger charge is 2.25. The molecule has 1 aliphatic heterocycles. The van der Waals surface area contributed by atoms with E-state index in [0.717, 1.165) is 56.3 Å². The third-order valence-corrected chi connectivity index (χ3v) is 6.86. The molecule has 0 atom stereocenters. The number of nitrogens with one attached hydrogen (secondary N) is 1. The third kappa shape index (κ3) is 8.24. The Morgan fingerprint density at radius 3 is 2.05 bits per heavy atom. The minimum absolute atomic E-state index is 0.0292. The van der Waals surface area contributed by atoms with E-state index in [-0.39, 0.29) is 17.7 Å². The van der Waals surface area contributed by atoms with E-state index in [0.29, 0.717) is 18.0 Å².